The number of fused-ring (bicyclic) bond motifs is 5. The van der Waals surface area contributed by atoms with Crippen LogP contribution in [0.4, 0.5) is 0 Å². The zero-order valence-electron chi connectivity index (χ0n) is 17.9. The average Bonchev–Trinajstić information content (AvgIpc) is 3.23. The van der Waals surface area contributed by atoms with E-state index in [4.69, 9.17) is 0 Å². The molecule has 2 heterocycles. The first-order valence-electron chi connectivity index (χ1n) is 11.2. The molecule has 33 heavy (non-hydrogen) atoms. The molecule has 0 amide bonds. The van der Waals surface area contributed by atoms with E-state index in [9.17, 15) is 0 Å². The highest BCUT2D eigenvalue weighted by atomic mass is 79.9. The maximum Gasteiger partial charge on any atom is 0.0742 e. The third kappa shape index (κ3) is 2.37. The smallest absolute Gasteiger partial charge is 0.0742 e. The van der Waals surface area contributed by atoms with Gasteiger partial charge in [-0.3, -0.25) is 0 Å². The molecule has 0 radical (unpaired) electrons. The van der Waals surface area contributed by atoms with Crippen LogP contribution in [0.15, 0.2) is 126 Å². The highest BCUT2D eigenvalue weighted by Gasteiger charge is 2.45. The summed E-state index contributed by atoms with van der Waals surface area (Å²) in [5.41, 5.74) is 8.52. The van der Waals surface area contributed by atoms with Crippen molar-refractivity contribution in [2.45, 2.75) is 5.41 Å². The first-order valence-corrected chi connectivity index (χ1v) is 12.0. The Kier molecular flexibility index (Phi) is 3.97. The normalized spacial score (nSPS) is 13.8. The fraction of sp³-hybridized carbons (Fsp3) is 0.0323. The van der Waals surface area contributed by atoms with Gasteiger partial charge in [-0.15, -0.1) is 0 Å². The minimum absolute atomic E-state index is 0.407. The standard InChI is InChI=1S/C31H20BrN/c32-27-19-10-16-24-23-15-9-18-26-29(23)33(30(24)27)28-20-8-7-17-25(28)31(26,21-11-3-1-4-12-21)22-13-5-2-6-14-22/h1-20H. The van der Waals surface area contributed by atoms with Gasteiger partial charge in [0.1, 0.15) is 0 Å². The quantitative estimate of drug-likeness (QED) is 0.232. The topological polar surface area (TPSA) is 4.93 Å². The fourth-order valence-corrected chi connectivity index (χ4v) is 6.46. The number of nitrogens with zero attached hydrogens (tertiary/aromatic N) is 1. The van der Waals surface area contributed by atoms with Crippen molar-refractivity contribution < 1.29 is 0 Å². The molecular weight excluding hydrogens is 466 g/mol. The summed E-state index contributed by atoms with van der Waals surface area (Å²) < 4.78 is 3.58. The minimum Gasteiger partial charge on any atom is -0.307 e. The number of benzene rings is 5. The highest BCUT2D eigenvalue weighted by Crippen LogP contribution is 2.54. The van der Waals surface area contributed by atoms with Crippen LogP contribution in [0.2, 0.25) is 0 Å². The van der Waals surface area contributed by atoms with E-state index < -0.39 is 5.41 Å². The Morgan fingerprint density at radius 2 is 1.03 bits per heavy atom. The molecule has 1 aliphatic heterocycles. The second kappa shape index (κ2) is 6.94. The van der Waals surface area contributed by atoms with E-state index in [-0.39, 0.29) is 0 Å². The van der Waals surface area contributed by atoms with Crippen molar-refractivity contribution in [3.63, 3.8) is 0 Å². The van der Waals surface area contributed by atoms with Crippen molar-refractivity contribution in [2.24, 2.45) is 0 Å². The lowest BCUT2D eigenvalue weighted by Crippen LogP contribution is -2.35. The van der Waals surface area contributed by atoms with Crippen molar-refractivity contribution in [2.75, 3.05) is 0 Å². The molecule has 1 nitrogen and oxygen atoms in total. The minimum atomic E-state index is -0.407. The summed E-state index contributed by atoms with van der Waals surface area (Å²) in [4.78, 5) is 0. The molecule has 0 fully saturated rings. The van der Waals surface area contributed by atoms with E-state index in [2.05, 4.69) is 142 Å². The molecule has 0 unspecified atom stereocenters. The van der Waals surface area contributed by atoms with Gasteiger partial charge in [-0.05, 0) is 50.3 Å². The second-order valence-corrected chi connectivity index (χ2v) is 9.53. The molecule has 0 saturated carbocycles. The second-order valence-electron chi connectivity index (χ2n) is 8.67. The predicted molar refractivity (Wildman–Crippen MR) is 140 cm³/mol. The molecule has 7 rings (SSSR count). The van der Waals surface area contributed by atoms with Gasteiger partial charge in [0.2, 0.25) is 0 Å². The van der Waals surface area contributed by atoms with Crippen molar-refractivity contribution in [1.29, 1.82) is 0 Å². The molecule has 1 aromatic heterocycles. The van der Waals surface area contributed by atoms with Crippen molar-refractivity contribution in [1.82, 2.24) is 4.57 Å². The van der Waals surface area contributed by atoms with Gasteiger partial charge in [0.25, 0.3) is 0 Å². The molecule has 0 spiro atoms. The fourth-order valence-electron chi connectivity index (χ4n) is 5.91. The molecule has 0 N–H and O–H groups in total. The monoisotopic (exact) mass is 485 g/mol. The molecule has 0 bridgehead atoms. The Balaban J connectivity index is 1.80. The van der Waals surface area contributed by atoms with Crippen LogP contribution >= 0.6 is 15.9 Å². The molecule has 156 valence electrons. The summed E-state index contributed by atoms with van der Waals surface area (Å²) in [7, 11) is 0. The zero-order chi connectivity index (χ0) is 22.0. The van der Waals surface area contributed by atoms with Crippen LogP contribution in [0.5, 0.6) is 0 Å². The van der Waals surface area contributed by atoms with E-state index in [0.717, 1.165) is 4.47 Å². The largest absolute Gasteiger partial charge is 0.307 e. The van der Waals surface area contributed by atoms with Gasteiger partial charge in [-0.1, -0.05) is 109 Å². The maximum absolute atomic E-state index is 3.86. The molecular formula is C31H20BrN. The first kappa shape index (κ1) is 18.9. The SMILES string of the molecule is Brc1cccc2c3cccc4c3n(c12)-c1ccccc1C4(c1ccccc1)c1ccccc1. The van der Waals surface area contributed by atoms with E-state index in [1.807, 2.05) is 0 Å². The summed E-state index contributed by atoms with van der Waals surface area (Å²) in [5.74, 6) is 0. The predicted octanol–water partition coefficient (Wildman–Crippen LogP) is 8.24. The summed E-state index contributed by atoms with van der Waals surface area (Å²) >= 11 is 3.86. The maximum atomic E-state index is 3.86. The molecule has 6 aromatic rings. The van der Waals surface area contributed by atoms with Gasteiger partial charge >= 0.3 is 0 Å². The number of hydrogen-bond acceptors (Lipinski definition) is 0. The summed E-state index contributed by atoms with van der Waals surface area (Å²) in [6, 6.07) is 44.1. The van der Waals surface area contributed by atoms with Crippen LogP contribution in [-0.4, -0.2) is 4.57 Å². The molecule has 0 saturated heterocycles. The van der Waals surface area contributed by atoms with Crippen LogP contribution in [0, 0.1) is 0 Å². The Bertz CT molecular complexity index is 1620. The summed E-state index contributed by atoms with van der Waals surface area (Å²) in [5, 5.41) is 2.56. The third-order valence-corrected chi connectivity index (χ3v) is 7.77. The highest BCUT2D eigenvalue weighted by molar-refractivity contribution is 9.10. The lowest BCUT2D eigenvalue weighted by molar-refractivity contribution is 0.727. The number of para-hydroxylation sites is 3. The summed E-state index contributed by atoms with van der Waals surface area (Å²) in [6.45, 7) is 0. The zero-order valence-corrected chi connectivity index (χ0v) is 19.5. The van der Waals surface area contributed by atoms with Gasteiger partial charge in [-0.2, -0.15) is 0 Å². The molecule has 5 aromatic carbocycles. The number of rotatable bonds is 2. The van der Waals surface area contributed by atoms with Crippen molar-refractivity contribution >= 4 is 37.7 Å². The number of aromatic nitrogens is 1. The third-order valence-electron chi connectivity index (χ3n) is 7.13. The Morgan fingerprint density at radius 3 is 1.73 bits per heavy atom. The van der Waals surface area contributed by atoms with Gasteiger partial charge < -0.3 is 4.57 Å². The number of hydrogen-bond donors (Lipinski definition) is 0. The Labute approximate surface area is 201 Å². The van der Waals surface area contributed by atoms with Crippen LogP contribution < -0.4 is 0 Å². The van der Waals surface area contributed by atoms with E-state index in [0.29, 0.717) is 0 Å². The first-order chi connectivity index (χ1) is 16.3. The summed E-state index contributed by atoms with van der Waals surface area (Å²) in [6.07, 6.45) is 0. The molecule has 0 atom stereocenters. The van der Waals surface area contributed by atoms with Gasteiger partial charge in [-0.25, -0.2) is 0 Å². The number of halogens is 1. The lowest BCUT2D eigenvalue weighted by Gasteiger charge is -2.41. The lowest BCUT2D eigenvalue weighted by atomic mass is 9.63. The van der Waals surface area contributed by atoms with Crippen molar-refractivity contribution in [3.8, 4) is 5.69 Å². The Hall–Kier alpha value is -3.62. The van der Waals surface area contributed by atoms with Gasteiger partial charge in [0, 0.05) is 15.2 Å². The van der Waals surface area contributed by atoms with Crippen molar-refractivity contribution in [3.05, 3.63) is 148 Å². The van der Waals surface area contributed by atoms with Crippen LogP contribution in [0.25, 0.3) is 27.5 Å². The van der Waals surface area contributed by atoms with E-state index >= 15 is 0 Å². The molecule has 0 aliphatic carbocycles. The Morgan fingerprint density at radius 1 is 0.485 bits per heavy atom. The van der Waals surface area contributed by atoms with E-state index in [1.165, 1.54) is 49.7 Å². The van der Waals surface area contributed by atoms with Crippen LogP contribution in [0.1, 0.15) is 22.3 Å². The molecule has 1 aliphatic rings. The van der Waals surface area contributed by atoms with E-state index in [1.54, 1.807) is 0 Å². The van der Waals surface area contributed by atoms with Crippen LogP contribution in [0.3, 0.4) is 0 Å². The van der Waals surface area contributed by atoms with Crippen LogP contribution in [-0.2, 0) is 5.41 Å². The van der Waals surface area contributed by atoms with Gasteiger partial charge in [0.15, 0.2) is 0 Å². The van der Waals surface area contributed by atoms with Gasteiger partial charge in [0.05, 0.1) is 22.1 Å². The molecule has 2 heteroatoms. The average molecular weight is 486 g/mol.